The number of aromatic nitrogens is 3. The van der Waals surface area contributed by atoms with Gasteiger partial charge in [0.25, 0.3) is 0 Å². The first-order valence-corrected chi connectivity index (χ1v) is 6.43. The molecule has 16 heavy (non-hydrogen) atoms. The van der Waals surface area contributed by atoms with Crippen molar-refractivity contribution < 1.29 is 0 Å². The molecule has 86 valence electrons. The van der Waals surface area contributed by atoms with Crippen LogP contribution in [0.4, 0.5) is 0 Å². The van der Waals surface area contributed by atoms with Gasteiger partial charge in [0.2, 0.25) is 0 Å². The minimum atomic E-state index is 0.0955. The molecule has 0 atom stereocenters. The van der Waals surface area contributed by atoms with Crippen LogP contribution in [0.1, 0.15) is 31.3 Å². The minimum absolute atomic E-state index is 0.0955. The Hall–Kier alpha value is -0.940. The van der Waals surface area contributed by atoms with Gasteiger partial charge in [-0.15, -0.1) is 11.3 Å². The van der Waals surface area contributed by atoms with Gasteiger partial charge in [-0.1, -0.05) is 20.8 Å². The van der Waals surface area contributed by atoms with E-state index in [4.69, 9.17) is 12.2 Å². The Labute approximate surface area is 104 Å². The normalized spacial score (nSPS) is 11.9. The summed E-state index contributed by atoms with van der Waals surface area (Å²) in [4.78, 5) is 8.43. The molecule has 0 radical (unpaired) electrons. The van der Waals surface area contributed by atoms with Crippen molar-refractivity contribution in [2.45, 2.75) is 32.7 Å². The van der Waals surface area contributed by atoms with Gasteiger partial charge in [0.05, 0.1) is 12.1 Å². The van der Waals surface area contributed by atoms with Crippen LogP contribution in [0.15, 0.2) is 17.9 Å². The number of aromatic amines is 1. The largest absolute Gasteiger partial charge is 0.337 e. The van der Waals surface area contributed by atoms with Crippen molar-refractivity contribution in [3.05, 3.63) is 33.2 Å². The van der Waals surface area contributed by atoms with Crippen LogP contribution >= 0.6 is 23.6 Å². The maximum absolute atomic E-state index is 5.31. The van der Waals surface area contributed by atoms with Gasteiger partial charge in [0.15, 0.2) is 4.77 Å². The molecule has 0 unspecified atom stereocenters. The Bertz CT molecular complexity index is 514. The Kier molecular flexibility index (Phi) is 2.99. The molecular weight excluding hydrogens is 238 g/mol. The smallest absolute Gasteiger partial charge is 0.177 e. The van der Waals surface area contributed by atoms with Crippen LogP contribution in [0.25, 0.3) is 0 Å². The molecule has 0 saturated heterocycles. The summed E-state index contributed by atoms with van der Waals surface area (Å²) in [6.07, 6.45) is 3.90. The number of H-pyrrole nitrogens is 1. The molecule has 0 aliphatic rings. The lowest BCUT2D eigenvalue weighted by Gasteiger charge is -2.20. The highest BCUT2D eigenvalue weighted by Gasteiger charge is 2.19. The highest BCUT2D eigenvalue weighted by Crippen LogP contribution is 2.23. The standard InChI is InChI=1S/C11H15N3S2/c1-11(2,3)9-5-13-10(15)14(9)6-8-4-12-7-16-8/h4-5,7H,6H2,1-3H3,(H,13,15). The van der Waals surface area contributed by atoms with Crippen LogP contribution in [0.3, 0.4) is 0 Å². The molecule has 2 aromatic heterocycles. The summed E-state index contributed by atoms with van der Waals surface area (Å²) in [7, 11) is 0. The first kappa shape index (κ1) is 11.5. The molecule has 0 bridgehead atoms. The lowest BCUT2D eigenvalue weighted by Crippen LogP contribution is -2.17. The second-order valence-corrected chi connectivity index (χ2v) is 6.14. The van der Waals surface area contributed by atoms with Gasteiger partial charge < -0.3 is 9.55 Å². The van der Waals surface area contributed by atoms with Crippen LogP contribution < -0.4 is 0 Å². The summed E-state index contributed by atoms with van der Waals surface area (Å²) in [5.74, 6) is 0. The maximum atomic E-state index is 5.31. The number of imidazole rings is 1. The molecule has 1 N–H and O–H groups in total. The molecule has 0 fully saturated rings. The van der Waals surface area contributed by atoms with Crippen molar-refractivity contribution >= 4 is 23.6 Å². The second kappa shape index (κ2) is 4.14. The van der Waals surface area contributed by atoms with E-state index in [0.717, 1.165) is 11.3 Å². The van der Waals surface area contributed by atoms with Gasteiger partial charge in [0.1, 0.15) is 0 Å². The number of hydrogen-bond donors (Lipinski definition) is 1. The molecule has 3 nitrogen and oxygen atoms in total. The quantitative estimate of drug-likeness (QED) is 0.833. The predicted octanol–water partition coefficient (Wildman–Crippen LogP) is 3.35. The number of rotatable bonds is 2. The fourth-order valence-corrected chi connectivity index (χ4v) is 2.45. The molecule has 0 spiro atoms. The monoisotopic (exact) mass is 253 g/mol. The summed E-state index contributed by atoms with van der Waals surface area (Å²) in [5.41, 5.74) is 3.17. The number of hydrogen-bond acceptors (Lipinski definition) is 3. The Balaban J connectivity index is 2.40. The molecule has 5 heteroatoms. The fraction of sp³-hybridized carbons (Fsp3) is 0.455. The van der Waals surface area contributed by atoms with Crippen molar-refractivity contribution in [2.24, 2.45) is 0 Å². The van der Waals surface area contributed by atoms with Gasteiger partial charge in [-0.3, -0.25) is 4.98 Å². The fourth-order valence-electron chi connectivity index (χ4n) is 1.65. The first-order valence-electron chi connectivity index (χ1n) is 5.14. The van der Waals surface area contributed by atoms with E-state index < -0.39 is 0 Å². The first-order chi connectivity index (χ1) is 7.48. The highest BCUT2D eigenvalue weighted by atomic mass is 32.1. The van der Waals surface area contributed by atoms with Gasteiger partial charge in [-0.05, 0) is 12.2 Å². The van der Waals surface area contributed by atoms with Crippen molar-refractivity contribution in [1.82, 2.24) is 14.5 Å². The van der Waals surface area contributed by atoms with Crippen LogP contribution in [0.5, 0.6) is 0 Å². The van der Waals surface area contributed by atoms with Crippen LogP contribution in [-0.2, 0) is 12.0 Å². The van der Waals surface area contributed by atoms with Crippen molar-refractivity contribution in [3.8, 4) is 0 Å². The topological polar surface area (TPSA) is 33.6 Å². The van der Waals surface area contributed by atoms with Gasteiger partial charge in [-0.2, -0.15) is 0 Å². The third-order valence-electron chi connectivity index (χ3n) is 2.43. The third kappa shape index (κ3) is 2.25. The summed E-state index contributed by atoms with van der Waals surface area (Å²) in [6.45, 7) is 7.37. The third-order valence-corrected chi connectivity index (χ3v) is 3.54. The van der Waals surface area contributed by atoms with E-state index in [-0.39, 0.29) is 5.41 Å². The molecule has 0 aliphatic carbocycles. The molecule has 0 aliphatic heterocycles. The zero-order chi connectivity index (χ0) is 11.8. The van der Waals surface area contributed by atoms with Crippen LogP contribution in [-0.4, -0.2) is 14.5 Å². The van der Waals surface area contributed by atoms with E-state index in [0.29, 0.717) is 0 Å². The van der Waals surface area contributed by atoms with Crippen LogP contribution in [0.2, 0.25) is 0 Å². The van der Waals surface area contributed by atoms with E-state index in [1.807, 2.05) is 17.9 Å². The van der Waals surface area contributed by atoms with E-state index in [9.17, 15) is 0 Å². The summed E-state index contributed by atoms with van der Waals surface area (Å²) >= 11 is 6.96. The van der Waals surface area contributed by atoms with Gasteiger partial charge in [-0.25, -0.2) is 0 Å². The van der Waals surface area contributed by atoms with E-state index in [1.54, 1.807) is 11.3 Å². The van der Waals surface area contributed by atoms with E-state index in [1.165, 1.54) is 10.6 Å². The molecule has 2 heterocycles. The number of nitrogens with zero attached hydrogens (tertiary/aromatic N) is 2. The molecule has 0 amide bonds. The minimum Gasteiger partial charge on any atom is -0.337 e. The summed E-state index contributed by atoms with van der Waals surface area (Å²) in [6, 6.07) is 0. The highest BCUT2D eigenvalue weighted by molar-refractivity contribution is 7.71. The SMILES string of the molecule is CC(C)(C)c1c[nH]c(=S)n1Cc1cncs1. The summed E-state index contributed by atoms with van der Waals surface area (Å²) < 4.78 is 2.92. The van der Waals surface area contributed by atoms with Crippen molar-refractivity contribution in [3.63, 3.8) is 0 Å². The molecule has 0 aromatic carbocycles. The Morgan fingerprint density at radius 2 is 2.25 bits per heavy atom. The molecule has 0 saturated carbocycles. The lowest BCUT2D eigenvalue weighted by molar-refractivity contribution is 0.530. The average Bonchev–Trinajstić information content (AvgIpc) is 2.76. The Morgan fingerprint density at radius 3 is 2.81 bits per heavy atom. The molecule has 2 aromatic rings. The summed E-state index contributed by atoms with van der Waals surface area (Å²) in [5, 5.41) is 0. The number of nitrogens with one attached hydrogen (secondary N) is 1. The zero-order valence-corrected chi connectivity index (χ0v) is 11.3. The number of thiazole rings is 1. The Morgan fingerprint density at radius 1 is 1.50 bits per heavy atom. The zero-order valence-electron chi connectivity index (χ0n) is 9.65. The van der Waals surface area contributed by atoms with Crippen LogP contribution in [0, 0.1) is 4.77 Å². The molecular formula is C11H15N3S2. The van der Waals surface area contributed by atoms with Crippen molar-refractivity contribution in [1.29, 1.82) is 0 Å². The molecule has 2 rings (SSSR count). The second-order valence-electron chi connectivity index (χ2n) is 4.78. The average molecular weight is 253 g/mol. The van der Waals surface area contributed by atoms with E-state index in [2.05, 4.69) is 35.3 Å². The van der Waals surface area contributed by atoms with Crippen molar-refractivity contribution in [2.75, 3.05) is 0 Å². The van der Waals surface area contributed by atoms with E-state index >= 15 is 0 Å². The predicted molar refractivity (Wildman–Crippen MR) is 69.5 cm³/mol. The van der Waals surface area contributed by atoms with Gasteiger partial charge >= 0.3 is 0 Å². The van der Waals surface area contributed by atoms with Gasteiger partial charge in [0, 0.05) is 28.4 Å². The maximum Gasteiger partial charge on any atom is 0.177 e. The lowest BCUT2D eigenvalue weighted by atomic mass is 9.92.